The molecule has 1 unspecified atom stereocenters. The molecule has 0 amide bonds. The van der Waals surface area contributed by atoms with Crippen LogP contribution in [0.25, 0.3) is 5.69 Å². The summed E-state index contributed by atoms with van der Waals surface area (Å²) < 4.78 is 2.85. The fraction of sp³-hybridized carbons (Fsp3) is 0.176. The van der Waals surface area contributed by atoms with E-state index in [4.69, 9.17) is 4.99 Å². The van der Waals surface area contributed by atoms with Crippen LogP contribution in [0.2, 0.25) is 0 Å². The van der Waals surface area contributed by atoms with Crippen molar-refractivity contribution < 1.29 is 0 Å². The minimum absolute atomic E-state index is 0.108. The summed E-state index contributed by atoms with van der Waals surface area (Å²) >= 11 is 3.47. The number of benzene rings is 2. The fourth-order valence-electron chi connectivity index (χ4n) is 2.48. The Balaban J connectivity index is 1.57. The highest BCUT2D eigenvalue weighted by atomic mass is 32.2. The number of aliphatic imine (C=N–C) groups is 1. The number of para-hydroxylation sites is 2. The predicted octanol–water partition coefficient (Wildman–Crippen LogP) is 4.39. The summed E-state index contributed by atoms with van der Waals surface area (Å²) in [6.45, 7) is 2.11. The van der Waals surface area contributed by atoms with Crippen LogP contribution in [0.1, 0.15) is 23.6 Å². The lowest BCUT2D eigenvalue weighted by Gasteiger charge is -2.17. The summed E-state index contributed by atoms with van der Waals surface area (Å²) in [5.74, 6) is 1.78. The average Bonchev–Trinajstić information content (AvgIpc) is 3.12. The molecule has 2 heterocycles. The molecule has 0 radical (unpaired) electrons. The Morgan fingerprint density at radius 2 is 1.88 bits per heavy atom. The molecule has 0 saturated heterocycles. The van der Waals surface area contributed by atoms with Gasteiger partial charge in [-0.1, -0.05) is 59.9 Å². The third-order valence-corrected chi connectivity index (χ3v) is 5.98. The van der Waals surface area contributed by atoms with Crippen LogP contribution in [0.15, 0.2) is 59.6 Å². The quantitative estimate of drug-likeness (QED) is 0.699. The van der Waals surface area contributed by atoms with Crippen LogP contribution < -0.4 is 0 Å². The molecule has 24 heavy (non-hydrogen) atoms. The second kappa shape index (κ2) is 6.78. The van der Waals surface area contributed by atoms with Gasteiger partial charge in [0.05, 0.1) is 16.6 Å². The highest BCUT2D eigenvalue weighted by Gasteiger charge is 2.21. The summed E-state index contributed by atoms with van der Waals surface area (Å²) in [6.07, 6.45) is 0. The Morgan fingerprint density at radius 3 is 2.75 bits per heavy atom. The van der Waals surface area contributed by atoms with Crippen LogP contribution in [0.4, 0.5) is 5.69 Å². The highest BCUT2D eigenvalue weighted by molar-refractivity contribution is 8.38. The molecular formula is C17H15N5S2. The number of hydrogen-bond acceptors (Lipinski definition) is 6. The van der Waals surface area contributed by atoms with Crippen molar-refractivity contribution in [3.8, 4) is 5.69 Å². The van der Waals surface area contributed by atoms with Crippen LogP contribution >= 0.6 is 23.5 Å². The smallest absolute Gasteiger partial charge is 0.169 e. The molecule has 4 rings (SSSR count). The van der Waals surface area contributed by atoms with Crippen LogP contribution in [0.5, 0.6) is 0 Å². The molecule has 1 aromatic heterocycles. The molecule has 1 aliphatic rings. The first-order chi connectivity index (χ1) is 11.8. The molecule has 0 N–H and O–H groups in total. The normalized spacial score (nSPS) is 14.8. The topological polar surface area (TPSA) is 56.0 Å². The SMILES string of the molecule is CC(SC1=Nc2ccccc2CS1)c1nnnn1-c1ccccc1. The largest absolute Gasteiger partial charge is 0.235 e. The van der Waals surface area contributed by atoms with Crippen LogP contribution in [-0.4, -0.2) is 24.6 Å². The standard InChI is InChI=1S/C17H15N5S2/c1-12(16-19-20-21-22(16)14-8-3-2-4-9-14)24-17-18-15-10-6-5-7-13(15)11-23-17/h2-10,12H,11H2,1H3. The highest BCUT2D eigenvalue weighted by Crippen LogP contribution is 2.39. The number of rotatable bonds is 3. The van der Waals surface area contributed by atoms with Crippen LogP contribution in [0, 0.1) is 0 Å². The molecule has 0 aliphatic carbocycles. The van der Waals surface area contributed by atoms with Gasteiger partial charge in [-0.2, -0.15) is 4.68 Å². The lowest BCUT2D eigenvalue weighted by atomic mass is 10.2. The molecule has 0 bridgehead atoms. The summed E-state index contributed by atoms with van der Waals surface area (Å²) in [6, 6.07) is 18.2. The summed E-state index contributed by atoms with van der Waals surface area (Å²) in [5.41, 5.74) is 3.32. The molecule has 0 saturated carbocycles. The minimum atomic E-state index is 0.108. The Hall–Kier alpha value is -2.12. The van der Waals surface area contributed by atoms with E-state index >= 15 is 0 Å². The van der Waals surface area contributed by atoms with E-state index in [0.29, 0.717) is 0 Å². The predicted molar refractivity (Wildman–Crippen MR) is 100.0 cm³/mol. The molecule has 120 valence electrons. The zero-order valence-corrected chi connectivity index (χ0v) is 14.7. The molecule has 1 aliphatic heterocycles. The number of nitrogens with zero attached hydrogens (tertiary/aromatic N) is 5. The Morgan fingerprint density at radius 1 is 1.08 bits per heavy atom. The van der Waals surface area contributed by atoms with Gasteiger partial charge in [-0.15, -0.1) is 5.10 Å². The Bertz CT molecular complexity index is 875. The summed E-state index contributed by atoms with van der Waals surface area (Å²) in [4.78, 5) is 4.76. The van der Waals surface area contributed by atoms with Crippen molar-refractivity contribution in [2.75, 3.05) is 0 Å². The van der Waals surface area contributed by atoms with E-state index in [1.165, 1.54) is 5.56 Å². The Labute approximate surface area is 148 Å². The number of fused-ring (bicyclic) bond motifs is 1. The van der Waals surface area contributed by atoms with Crippen molar-refractivity contribution in [2.24, 2.45) is 4.99 Å². The van der Waals surface area contributed by atoms with Crippen molar-refractivity contribution in [2.45, 2.75) is 17.9 Å². The zero-order valence-electron chi connectivity index (χ0n) is 13.0. The van der Waals surface area contributed by atoms with Gasteiger partial charge in [0, 0.05) is 5.75 Å². The van der Waals surface area contributed by atoms with E-state index < -0.39 is 0 Å². The second-order valence-electron chi connectivity index (χ2n) is 5.34. The maximum atomic E-state index is 4.76. The lowest BCUT2D eigenvalue weighted by molar-refractivity contribution is 0.763. The van der Waals surface area contributed by atoms with Gasteiger partial charge in [0.15, 0.2) is 5.82 Å². The number of thioether (sulfide) groups is 2. The average molecular weight is 353 g/mol. The van der Waals surface area contributed by atoms with Gasteiger partial charge in [-0.3, -0.25) is 0 Å². The van der Waals surface area contributed by atoms with Crippen LogP contribution in [-0.2, 0) is 5.75 Å². The third kappa shape index (κ3) is 3.09. The van der Waals surface area contributed by atoms with Gasteiger partial charge in [0.1, 0.15) is 4.38 Å². The Kier molecular flexibility index (Phi) is 4.36. The first kappa shape index (κ1) is 15.4. The molecule has 2 aromatic carbocycles. The monoisotopic (exact) mass is 353 g/mol. The van der Waals surface area contributed by atoms with Gasteiger partial charge < -0.3 is 0 Å². The number of hydrogen-bond donors (Lipinski definition) is 0. The van der Waals surface area contributed by atoms with Gasteiger partial charge >= 0.3 is 0 Å². The van der Waals surface area contributed by atoms with Crippen molar-refractivity contribution in [3.63, 3.8) is 0 Å². The van der Waals surface area contributed by atoms with Crippen LogP contribution in [0.3, 0.4) is 0 Å². The van der Waals surface area contributed by atoms with Crippen molar-refractivity contribution >= 4 is 33.6 Å². The maximum absolute atomic E-state index is 4.76. The molecule has 0 fully saturated rings. The minimum Gasteiger partial charge on any atom is -0.235 e. The second-order valence-corrected chi connectivity index (χ2v) is 7.89. The van der Waals surface area contributed by atoms with Crippen molar-refractivity contribution in [1.29, 1.82) is 0 Å². The van der Waals surface area contributed by atoms with E-state index in [1.807, 2.05) is 36.4 Å². The van der Waals surface area contributed by atoms with E-state index in [-0.39, 0.29) is 5.25 Å². The van der Waals surface area contributed by atoms with E-state index in [9.17, 15) is 0 Å². The molecule has 5 nitrogen and oxygen atoms in total. The molecule has 7 heteroatoms. The maximum Gasteiger partial charge on any atom is 0.169 e. The molecular weight excluding hydrogens is 338 g/mol. The lowest BCUT2D eigenvalue weighted by Crippen LogP contribution is -2.06. The van der Waals surface area contributed by atoms with Crippen molar-refractivity contribution in [1.82, 2.24) is 20.2 Å². The van der Waals surface area contributed by atoms with Crippen molar-refractivity contribution in [3.05, 3.63) is 66.0 Å². The first-order valence-corrected chi connectivity index (χ1v) is 9.47. The zero-order chi connectivity index (χ0) is 16.4. The molecule has 1 atom stereocenters. The first-order valence-electron chi connectivity index (χ1n) is 7.61. The number of tetrazole rings is 1. The van der Waals surface area contributed by atoms with E-state index in [2.05, 4.69) is 40.6 Å². The van der Waals surface area contributed by atoms with Gasteiger partial charge in [0.2, 0.25) is 0 Å². The van der Waals surface area contributed by atoms with Gasteiger partial charge in [-0.05, 0) is 41.1 Å². The third-order valence-electron chi connectivity index (χ3n) is 3.69. The van der Waals surface area contributed by atoms with E-state index in [1.54, 1.807) is 28.2 Å². The van der Waals surface area contributed by atoms with Gasteiger partial charge in [-0.25, -0.2) is 4.99 Å². The molecule has 3 aromatic rings. The fourth-order valence-corrected chi connectivity index (χ4v) is 4.75. The van der Waals surface area contributed by atoms with Gasteiger partial charge in [0.25, 0.3) is 0 Å². The molecule has 0 spiro atoms. The summed E-state index contributed by atoms with van der Waals surface area (Å²) in [5, 5.41) is 12.3. The summed E-state index contributed by atoms with van der Waals surface area (Å²) in [7, 11) is 0. The number of aromatic nitrogens is 4. The van der Waals surface area contributed by atoms with E-state index in [0.717, 1.165) is 27.3 Å².